The fourth-order valence-electron chi connectivity index (χ4n) is 3.60. The summed E-state index contributed by atoms with van der Waals surface area (Å²) in [5.74, 6) is 1.21. The minimum Gasteiger partial charge on any atom is -0.493 e. The number of piperidine rings is 1. The van der Waals surface area contributed by atoms with Crippen molar-refractivity contribution in [1.82, 2.24) is 19.4 Å². The van der Waals surface area contributed by atoms with Crippen molar-refractivity contribution < 1.29 is 14.3 Å². The molecule has 0 saturated carbocycles. The van der Waals surface area contributed by atoms with Gasteiger partial charge >= 0.3 is 6.03 Å². The van der Waals surface area contributed by atoms with Gasteiger partial charge in [0.05, 0.1) is 20.5 Å². The van der Waals surface area contributed by atoms with Crippen LogP contribution in [0.15, 0.2) is 42.9 Å². The van der Waals surface area contributed by atoms with Crippen LogP contribution >= 0.6 is 0 Å². The van der Waals surface area contributed by atoms with Gasteiger partial charge in [-0.15, -0.1) is 0 Å². The molecule has 1 saturated heterocycles. The zero-order valence-electron chi connectivity index (χ0n) is 16.0. The van der Waals surface area contributed by atoms with Crippen molar-refractivity contribution in [2.24, 2.45) is 0 Å². The number of urea groups is 1. The molecule has 0 aliphatic carbocycles. The van der Waals surface area contributed by atoms with Crippen molar-refractivity contribution in [2.45, 2.75) is 18.9 Å². The number of carbonyl (C=O) groups excluding carboxylic acids is 1. The van der Waals surface area contributed by atoms with Crippen molar-refractivity contribution >= 4 is 22.9 Å². The summed E-state index contributed by atoms with van der Waals surface area (Å²) < 4.78 is 12.6. The Morgan fingerprint density at radius 1 is 1.11 bits per heavy atom. The smallest absolute Gasteiger partial charge is 0.321 e. The number of pyridine rings is 1. The predicted octanol–water partition coefficient (Wildman–Crippen LogP) is 3.32. The normalized spacial score (nSPS) is 14.9. The monoisotopic (exact) mass is 381 g/mol. The second-order valence-electron chi connectivity index (χ2n) is 6.72. The van der Waals surface area contributed by atoms with E-state index in [1.54, 1.807) is 38.6 Å². The van der Waals surface area contributed by atoms with Crippen molar-refractivity contribution in [1.29, 1.82) is 0 Å². The maximum atomic E-state index is 12.6. The molecular weight excluding hydrogens is 358 g/mol. The number of amides is 2. The van der Waals surface area contributed by atoms with Crippen LogP contribution in [0.4, 0.5) is 10.5 Å². The van der Waals surface area contributed by atoms with E-state index >= 15 is 0 Å². The Morgan fingerprint density at radius 2 is 1.89 bits per heavy atom. The Hall–Kier alpha value is -3.29. The molecule has 2 amide bonds. The van der Waals surface area contributed by atoms with Gasteiger partial charge in [-0.3, -0.25) is 0 Å². The van der Waals surface area contributed by atoms with Gasteiger partial charge < -0.3 is 24.3 Å². The summed E-state index contributed by atoms with van der Waals surface area (Å²) in [5.41, 5.74) is 2.47. The van der Waals surface area contributed by atoms with Crippen LogP contribution in [-0.4, -0.2) is 52.8 Å². The minimum atomic E-state index is -0.112. The molecule has 1 fully saturated rings. The van der Waals surface area contributed by atoms with Crippen molar-refractivity contribution in [2.75, 3.05) is 32.6 Å². The van der Waals surface area contributed by atoms with Gasteiger partial charge in [-0.2, -0.15) is 0 Å². The summed E-state index contributed by atoms with van der Waals surface area (Å²) in [7, 11) is 3.15. The van der Waals surface area contributed by atoms with Gasteiger partial charge in [0.1, 0.15) is 5.52 Å². The number of carbonyl (C=O) groups is 1. The fraction of sp³-hybridized carbons (Fsp3) is 0.350. The fourth-order valence-corrected chi connectivity index (χ4v) is 3.60. The van der Waals surface area contributed by atoms with E-state index in [2.05, 4.69) is 19.9 Å². The van der Waals surface area contributed by atoms with E-state index in [1.807, 2.05) is 23.4 Å². The molecular formula is C20H23N5O3. The minimum absolute atomic E-state index is 0.112. The lowest BCUT2D eigenvalue weighted by atomic mass is 10.1. The van der Waals surface area contributed by atoms with Gasteiger partial charge in [0.2, 0.25) is 0 Å². The summed E-state index contributed by atoms with van der Waals surface area (Å²) >= 11 is 0. The van der Waals surface area contributed by atoms with E-state index in [0.717, 1.165) is 24.0 Å². The van der Waals surface area contributed by atoms with Gasteiger partial charge in [-0.25, -0.2) is 14.8 Å². The quantitative estimate of drug-likeness (QED) is 0.750. The summed E-state index contributed by atoms with van der Waals surface area (Å²) in [6.07, 6.45) is 5.36. The molecule has 1 N–H and O–H groups in total. The second-order valence-corrected chi connectivity index (χ2v) is 6.72. The van der Waals surface area contributed by atoms with Crippen LogP contribution in [0, 0.1) is 0 Å². The Bertz CT molecular complexity index is 979. The zero-order chi connectivity index (χ0) is 19.5. The molecule has 8 heteroatoms. The number of fused-ring (bicyclic) bond motifs is 1. The van der Waals surface area contributed by atoms with Crippen LogP contribution in [0.25, 0.3) is 11.2 Å². The molecule has 2 aromatic heterocycles. The third-order valence-electron chi connectivity index (χ3n) is 5.11. The van der Waals surface area contributed by atoms with Crippen LogP contribution < -0.4 is 14.8 Å². The Kier molecular flexibility index (Phi) is 5.01. The lowest BCUT2D eigenvalue weighted by molar-refractivity contribution is 0.184. The van der Waals surface area contributed by atoms with Gasteiger partial charge in [0.25, 0.3) is 0 Å². The van der Waals surface area contributed by atoms with Gasteiger partial charge in [0.15, 0.2) is 17.1 Å². The second kappa shape index (κ2) is 7.75. The van der Waals surface area contributed by atoms with E-state index in [0.29, 0.717) is 36.3 Å². The third kappa shape index (κ3) is 3.45. The van der Waals surface area contributed by atoms with Crippen LogP contribution in [0.3, 0.4) is 0 Å². The van der Waals surface area contributed by atoms with Crippen molar-refractivity contribution in [3.05, 3.63) is 42.9 Å². The van der Waals surface area contributed by atoms with Crippen molar-refractivity contribution in [3.63, 3.8) is 0 Å². The summed E-state index contributed by atoms with van der Waals surface area (Å²) in [6, 6.07) is 9.37. The highest BCUT2D eigenvalue weighted by atomic mass is 16.5. The van der Waals surface area contributed by atoms with Gasteiger partial charge in [0, 0.05) is 37.1 Å². The first kappa shape index (κ1) is 18.1. The number of methoxy groups -OCH3 is 2. The van der Waals surface area contributed by atoms with Crippen molar-refractivity contribution in [3.8, 4) is 11.5 Å². The number of benzene rings is 1. The number of hydrogen-bond acceptors (Lipinski definition) is 5. The number of imidazole rings is 1. The van der Waals surface area contributed by atoms with E-state index in [4.69, 9.17) is 9.47 Å². The maximum absolute atomic E-state index is 12.6. The number of anilines is 1. The summed E-state index contributed by atoms with van der Waals surface area (Å²) in [4.78, 5) is 23.3. The molecule has 8 nitrogen and oxygen atoms in total. The Morgan fingerprint density at radius 3 is 2.64 bits per heavy atom. The standard InChI is InChI=1S/C20H23N5O3/c1-27-17-6-5-14(12-18(17)28-2)23-20(26)24-10-7-15(8-11-24)25-13-22-16-4-3-9-21-19(16)25/h3-6,9,12-13,15H,7-8,10-11H2,1-2H3,(H,23,26). The Labute approximate surface area is 163 Å². The molecule has 28 heavy (non-hydrogen) atoms. The molecule has 0 atom stereocenters. The first-order valence-corrected chi connectivity index (χ1v) is 9.25. The van der Waals surface area contributed by atoms with E-state index < -0.39 is 0 Å². The van der Waals surface area contributed by atoms with Gasteiger partial charge in [-0.05, 0) is 37.1 Å². The molecule has 0 bridgehead atoms. The molecule has 1 aliphatic heterocycles. The lowest BCUT2D eigenvalue weighted by Crippen LogP contribution is -2.41. The number of rotatable bonds is 4. The van der Waals surface area contributed by atoms with Crippen LogP contribution in [0.1, 0.15) is 18.9 Å². The highest BCUT2D eigenvalue weighted by molar-refractivity contribution is 5.89. The number of aromatic nitrogens is 3. The Balaban J connectivity index is 1.39. The maximum Gasteiger partial charge on any atom is 0.321 e. The molecule has 4 rings (SSSR count). The molecule has 3 aromatic rings. The molecule has 0 unspecified atom stereocenters. The largest absolute Gasteiger partial charge is 0.493 e. The summed E-state index contributed by atoms with van der Waals surface area (Å²) in [5, 5.41) is 2.94. The average molecular weight is 381 g/mol. The molecule has 1 aromatic carbocycles. The lowest BCUT2D eigenvalue weighted by Gasteiger charge is -2.32. The summed E-state index contributed by atoms with van der Waals surface area (Å²) in [6.45, 7) is 1.35. The van der Waals surface area contributed by atoms with E-state index in [9.17, 15) is 4.79 Å². The zero-order valence-corrected chi connectivity index (χ0v) is 16.0. The highest BCUT2D eigenvalue weighted by Crippen LogP contribution is 2.30. The number of likely N-dealkylation sites (tertiary alicyclic amines) is 1. The SMILES string of the molecule is COc1ccc(NC(=O)N2CCC(n3cnc4cccnc43)CC2)cc1OC. The molecule has 0 spiro atoms. The van der Waals surface area contributed by atoms with E-state index in [1.165, 1.54) is 0 Å². The third-order valence-corrected chi connectivity index (χ3v) is 5.11. The molecule has 146 valence electrons. The van der Waals surface area contributed by atoms with E-state index in [-0.39, 0.29) is 6.03 Å². The van der Waals surface area contributed by atoms with Crippen LogP contribution in [0.2, 0.25) is 0 Å². The topological polar surface area (TPSA) is 81.5 Å². The number of nitrogens with one attached hydrogen (secondary N) is 1. The predicted molar refractivity (Wildman–Crippen MR) is 106 cm³/mol. The van der Waals surface area contributed by atoms with Crippen LogP contribution in [-0.2, 0) is 0 Å². The number of nitrogens with zero attached hydrogens (tertiary/aromatic N) is 4. The first-order valence-electron chi connectivity index (χ1n) is 9.25. The highest BCUT2D eigenvalue weighted by Gasteiger charge is 2.25. The van der Waals surface area contributed by atoms with Crippen LogP contribution in [0.5, 0.6) is 11.5 Å². The number of ether oxygens (including phenoxy) is 2. The average Bonchev–Trinajstić information content (AvgIpc) is 3.18. The molecule has 1 aliphatic rings. The first-order chi connectivity index (χ1) is 13.7. The molecule has 3 heterocycles. The molecule has 0 radical (unpaired) electrons. The number of hydrogen-bond donors (Lipinski definition) is 1. The van der Waals surface area contributed by atoms with Gasteiger partial charge in [-0.1, -0.05) is 0 Å².